The fourth-order valence-electron chi connectivity index (χ4n) is 2.39. The van der Waals surface area contributed by atoms with E-state index >= 15 is 0 Å². The van der Waals surface area contributed by atoms with Gasteiger partial charge in [-0.1, -0.05) is 97.1 Å². The van der Waals surface area contributed by atoms with Gasteiger partial charge in [0.2, 0.25) is 0 Å². The van der Waals surface area contributed by atoms with Gasteiger partial charge in [-0.25, -0.2) is 0 Å². The molecule has 0 spiro atoms. The minimum Gasteiger partial charge on any atom is -0.290 e. The van der Waals surface area contributed by atoms with Crippen molar-refractivity contribution in [3.8, 4) is 11.1 Å². The Labute approximate surface area is 142 Å². The summed E-state index contributed by atoms with van der Waals surface area (Å²) in [6.07, 6.45) is 6.85. The molecule has 1 heteroatoms. The Balaban J connectivity index is 1.64. The van der Waals surface area contributed by atoms with Gasteiger partial charge in [0.1, 0.15) is 0 Å². The van der Waals surface area contributed by atoms with Crippen molar-refractivity contribution in [3.63, 3.8) is 0 Å². The maximum Gasteiger partial charge on any atom is 0.178 e. The zero-order valence-electron chi connectivity index (χ0n) is 13.3. The molecule has 0 aliphatic carbocycles. The average molecular weight is 310 g/mol. The highest BCUT2D eigenvalue weighted by Gasteiger charge is 1.96. The summed E-state index contributed by atoms with van der Waals surface area (Å²) in [6, 6.07) is 28.2. The number of benzene rings is 3. The molecule has 116 valence electrons. The van der Waals surface area contributed by atoms with Crippen molar-refractivity contribution in [2.45, 2.75) is 0 Å². The molecule has 0 aromatic heterocycles. The van der Waals surface area contributed by atoms with Crippen LogP contribution in [0.3, 0.4) is 0 Å². The zero-order valence-corrected chi connectivity index (χ0v) is 13.3. The predicted octanol–water partition coefficient (Wildman–Crippen LogP) is 5.65. The quantitative estimate of drug-likeness (QED) is 0.557. The van der Waals surface area contributed by atoms with E-state index in [1.165, 1.54) is 11.1 Å². The molecule has 3 aromatic rings. The summed E-state index contributed by atoms with van der Waals surface area (Å²) >= 11 is 0. The lowest BCUT2D eigenvalue weighted by Crippen LogP contribution is -1.85. The van der Waals surface area contributed by atoms with E-state index in [9.17, 15) is 4.79 Å². The molecule has 0 aliphatic rings. The van der Waals surface area contributed by atoms with Gasteiger partial charge in [-0.3, -0.25) is 4.79 Å². The summed E-state index contributed by atoms with van der Waals surface area (Å²) in [5.41, 5.74) is 4.39. The van der Waals surface area contributed by atoms with E-state index in [-0.39, 0.29) is 5.78 Å². The molecule has 0 saturated heterocycles. The smallest absolute Gasteiger partial charge is 0.178 e. The average Bonchev–Trinajstić information content (AvgIpc) is 2.67. The van der Waals surface area contributed by atoms with Crippen LogP contribution in [-0.2, 0) is 4.79 Å². The first-order valence-electron chi connectivity index (χ1n) is 7.92. The first-order valence-corrected chi connectivity index (χ1v) is 7.92. The van der Waals surface area contributed by atoms with Crippen LogP contribution in [0.5, 0.6) is 0 Å². The number of hydrogen-bond donors (Lipinski definition) is 0. The van der Waals surface area contributed by atoms with Crippen molar-refractivity contribution in [3.05, 3.63) is 108 Å². The van der Waals surface area contributed by atoms with Gasteiger partial charge in [0.25, 0.3) is 0 Å². The highest BCUT2D eigenvalue weighted by atomic mass is 16.1. The van der Waals surface area contributed by atoms with Crippen LogP contribution in [0.4, 0.5) is 0 Å². The van der Waals surface area contributed by atoms with E-state index in [1.807, 2.05) is 72.8 Å². The summed E-state index contributed by atoms with van der Waals surface area (Å²) in [4.78, 5) is 11.9. The van der Waals surface area contributed by atoms with Crippen LogP contribution in [0.2, 0.25) is 0 Å². The first-order chi connectivity index (χ1) is 11.8. The number of hydrogen-bond acceptors (Lipinski definition) is 1. The molecule has 0 aliphatic heterocycles. The molecule has 0 radical (unpaired) electrons. The third kappa shape index (κ3) is 4.40. The van der Waals surface area contributed by atoms with Gasteiger partial charge in [-0.2, -0.15) is 0 Å². The van der Waals surface area contributed by atoms with Crippen molar-refractivity contribution in [1.82, 2.24) is 0 Å². The summed E-state index contributed by atoms with van der Waals surface area (Å²) in [6.45, 7) is 0. The minimum absolute atomic E-state index is 0.0222. The fraction of sp³-hybridized carbons (Fsp3) is 0. The predicted molar refractivity (Wildman–Crippen MR) is 101 cm³/mol. The standard InChI is InChI=1S/C23H18O/c24-23(17-13-19-7-3-1-4-8-19)18-14-20-11-15-22(16-12-20)21-9-5-2-6-10-21/h1-18H. The largest absolute Gasteiger partial charge is 0.290 e. The number of rotatable bonds is 5. The summed E-state index contributed by atoms with van der Waals surface area (Å²) in [7, 11) is 0. The lowest BCUT2D eigenvalue weighted by molar-refractivity contribution is -0.110. The minimum atomic E-state index is -0.0222. The van der Waals surface area contributed by atoms with Gasteiger partial charge >= 0.3 is 0 Å². The summed E-state index contributed by atoms with van der Waals surface area (Å²) < 4.78 is 0. The molecule has 0 unspecified atom stereocenters. The van der Waals surface area contributed by atoms with Crippen LogP contribution < -0.4 is 0 Å². The maximum absolute atomic E-state index is 11.9. The lowest BCUT2D eigenvalue weighted by Gasteiger charge is -2.01. The highest BCUT2D eigenvalue weighted by molar-refractivity contribution is 6.04. The lowest BCUT2D eigenvalue weighted by atomic mass is 10.0. The highest BCUT2D eigenvalue weighted by Crippen LogP contribution is 2.19. The fourth-order valence-corrected chi connectivity index (χ4v) is 2.39. The van der Waals surface area contributed by atoms with Crippen molar-refractivity contribution in [2.24, 2.45) is 0 Å². The molecule has 3 aromatic carbocycles. The Kier molecular flexibility index (Phi) is 5.16. The van der Waals surface area contributed by atoms with Crippen molar-refractivity contribution < 1.29 is 4.79 Å². The molecule has 3 rings (SSSR count). The van der Waals surface area contributed by atoms with Crippen LogP contribution in [0, 0.1) is 0 Å². The second kappa shape index (κ2) is 7.89. The normalized spacial score (nSPS) is 11.2. The molecular weight excluding hydrogens is 292 g/mol. The summed E-state index contributed by atoms with van der Waals surface area (Å²) in [5.74, 6) is -0.0222. The number of allylic oxidation sites excluding steroid dienone is 2. The van der Waals surface area contributed by atoms with Crippen LogP contribution in [0.1, 0.15) is 11.1 Å². The molecule has 0 heterocycles. The third-order valence-corrected chi connectivity index (χ3v) is 3.70. The maximum atomic E-state index is 11.9. The summed E-state index contributed by atoms with van der Waals surface area (Å²) in [5, 5.41) is 0. The second-order valence-electron chi connectivity index (χ2n) is 5.47. The molecule has 0 saturated carbocycles. The Morgan fingerprint density at radius 1 is 0.542 bits per heavy atom. The van der Waals surface area contributed by atoms with Gasteiger partial charge < -0.3 is 0 Å². The van der Waals surface area contributed by atoms with E-state index in [2.05, 4.69) is 24.3 Å². The van der Waals surface area contributed by atoms with Gasteiger partial charge in [-0.15, -0.1) is 0 Å². The monoisotopic (exact) mass is 310 g/mol. The molecule has 24 heavy (non-hydrogen) atoms. The number of carbonyl (C=O) groups excluding carboxylic acids is 1. The van der Waals surface area contributed by atoms with Crippen LogP contribution in [0.25, 0.3) is 23.3 Å². The van der Waals surface area contributed by atoms with Gasteiger partial charge in [-0.05, 0) is 34.4 Å². The Hall–Kier alpha value is -3.19. The number of ketones is 1. The van der Waals surface area contributed by atoms with Crippen LogP contribution >= 0.6 is 0 Å². The van der Waals surface area contributed by atoms with Gasteiger partial charge in [0.05, 0.1) is 0 Å². The van der Waals surface area contributed by atoms with Gasteiger partial charge in [0.15, 0.2) is 5.78 Å². The van der Waals surface area contributed by atoms with E-state index < -0.39 is 0 Å². The molecule has 0 bridgehead atoms. The Bertz CT molecular complexity index is 842. The molecule has 0 amide bonds. The first kappa shape index (κ1) is 15.7. The van der Waals surface area contributed by atoms with E-state index in [0.29, 0.717) is 0 Å². The SMILES string of the molecule is O=C(C=Cc1ccccc1)C=Cc1ccc(-c2ccccc2)cc1. The molecule has 0 atom stereocenters. The third-order valence-electron chi connectivity index (χ3n) is 3.70. The Morgan fingerprint density at radius 2 is 1.00 bits per heavy atom. The number of carbonyl (C=O) groups is 1. The van der Waals surface area contributed by atoms with E-state index in [0.717, 1.165) is 11.1 Å². The molecule has 1 nitrogen and oxygen atoms in total. The van der Waals surface area contributed by atoms with Gasteiger partial charge in [0, 0.05) is 0 Å². The topological polar surface area (TPSA) is 17.1 Å². The molecule has 0 fully saturated rings. The van der Waals surface area contributed by atoms with E-state index in [4.69, 9.17) is 0 Å². The van der Waals surface area contributed by atoms with Crippen molar-refractivity contribution in [2.75, 3.05) is 0 Å². The molecule has 0 N–H and O–H groups in total. The van der Waals surface area contributed by atoms with Crippen molar-refractivity contribution >= 4 is 17.9 Å². The van der Waals surface area contributed by atoms with Crippen molar-refractivity contribution in [1.29, 1.82) is 0 Å². The van der Waals surface area contributed by atoms with Crippen LogP contribution in [-0.4, -0.2) is 5.78 Å². The molecular formula is C23H18O. The van der Waals surface area contributed by atoms with E-state index in [1.54, 1.807) is 12.2 Å². The zero-order chi connectivity index (χ0) is 16.6. The Morgan fingerprint density at radius 3 is 1.58 bits per heavy atom. The van der Waals surface area contributed by atoms with Crippen LogP contribution in [0.15, 0.2) is 97.1 Å². The second-order valence-corrected chi connectivity index (χ2v) is 5.47.